The van der Waals surface area contributed by atoms with Crippen LogP contribution in [0.25, 0.3) is 11.1 Å². The van der Waals surface area contributed by atoms with Gasteiger partial charge in [0.05, 0.1) is 0 Å². The van der Waals surface area contributed by atoms with Gasteiger partial charge in [-0.15, -0.1) is 0 Å². The molecule has 2 aliphatic carbocycles. The van der Waals surface area contributed by atoms with Gasteiger partial charge < -0.3 is 20.5 Å². The summed E-state index contributed by atoms with van der Waals surface area (Å²) in [7, 11) is 0. The lowest BCUT2D eigenvalue weighted by Crippen LogP contribution is -2.47. The summed E-state index contributed by atoms with van der Waals surface area (Å²) in [5.74, 6) is -1.75. The standard InChI is InChI=1S/C27H32N2O5/c1-3-16(2)24(26(31)32)29-25(30)17-12-13-18(14-17)28-27(33)34-15-23-21-10-6-4-8-19(21)20-9-5-7-11-22(20)23/h4-11,16-18,23-24H,3,12-15H2,1-2H3,(H,28,33)(H,29,30)(H,31,32). The van der Waals surface area contributed by atoms with Gasteiger partial charge in [0, 0.05) is 17.9 Å². The van der Waals surface area contributed by atoms with Crippen molar-refractivity contribution in [2.45, 2.75) is 57.5 Å². The van der Waals surface area contributed by atoms with Gasteiger partial charge in [-0.2, -0.15) is 0 Å². The summed E-state index contributed by atoms with van der Waals surface area (Å²) in [6, 6.07) is 15.3. The van der Waals surface area contributed by atoms with Crippen molar-refractivity contribution in [3.63, 3.8) is 0 Å². The summed E-state index contributed by atoms with van der Waals surface area (Å²) >= 11 is 0. The molecule has 180 valence electrons. The molecule has 2 aliphatic rings. The van der Waals surface area contributed by atoms with Crippen LogP contribution in [0.4, 0.5) is 4.79 Å². The second-order valence-corrected chi connectivity index (χ2v) is 9.39. The van der Waals surface area contributed by atoms with E-state index < -0.39 is 18.1 Å². The van der Waals surface area contributed by atoms with E-state index in [1.165, 1.54) is 11.1 Å². The fraction of sp³-hybridized carbons (Fsp3) is 0.444. The fourth-order valence-corrected chi connectivity index (χ4v) is 5.11. The van der Waals surface area contributed by atoms with Crippen LogP contribution in [0.2, 0.25) is 0 Å². The number of benzene rings is 2. The van der Waals surface area contributed by atoms with Crippen molar-refractivity contribution in [1.82, 2.24) is 10.6 Å². The van der Waals surface area contributed by atoms with Gasteiger partial charge >= 0.3 is 12.1 Å². The minimum absolute atomic E-state index is 0.00578. The molecule has 3 N–H and O–H groups in total. The molecule has 0 heterocycles. The first kappa shape index (κ1) is 23.8. The Morgan fingerprint density at radius 1 is 1.03 bits per heavy atom. The number of carboxylic acid groups (broad SMARTS) is 1. The van der Waals surface area contributed by atoms with Crippen LogP contribution in [0.3, 0.4) is 0 Å². The Labute approximate surface area is 199 Å². The molecule has 4 rings (SSSR count). The number of carbonyl (C=O) groups is 3. The van der Waals surface area contributed by atoms with Gasteiger partial charge in [-0.25, -0.2) is 9.59 Å². The predicted octanol–water partition coefficient (Wildman–Crippen LogP) is 4.31. The molecule has 0 aromatic heterocycles. The molecule has 2 aromatic rings. The topological polar surface area (TPSA) is 105 Å². The van der Waals surface area contributed by atoms with E-state index >= 15 is 0 Å². The molecule has 2 aromatic carbocycles. The maximum atomic E-state index is 12.6. The highest BCUT2D eigenvalue weighted by Gasteiger charge is 2.35. The third-order valence-electron chi connectivity index (χ3n) is 7.25. The molecule has 0 radical (unpaired) electrons. The molecule has 0 saturated heterocycles. The molecule has 0 aliphatic heterocycles. The molecule has 1 fully saturated rings. The molecule has 4 unspecified atom stereocenters. The van der Waals surface area contributed by atoms with Crippen molar-refractivity contribution < 1.29 is 24.2 Å². The van der Waals surface area contributed by atoms with Crippen molar-refractivity contribution in [2.75, 3.05) is 6.61 Å². The second kappa shape index (κ2) is 10.3. The molecule has 7 nitrogen and oxygen atoms in total. The van der Waals surface area contributed by atoms with Crippen LogP contribution in [0.1, 0.15) is 56.6 Å². The number of carboxylic acids is 1. The second-order valence-electron chi connectivity index (χ2n) is 9.39. The zero-order valence-corrected chi connectivity index (χ0v) is 19.6. The summed E-state index contributed by atoms with van der Waals surface area (Å²) in [4.78, 5) is 36.7. The van der Waals surface area contributed by atoms with Crippen molar-refractivity contribution in [2.24, 2.45) is 11.8 Å². The molecule has 1 saturated carbocycles. The molecule has 2 amide bonds. The van der Waals surface area contributed by atoms with E-state index in [2.05, 4.69) is 34.9 Å². The average molecular weight is 465 g/mol. The number of hydrogen-bond donors (Lipinski definition) is 3. The van der Waals surface area contributed by atoms with Crippen molar-refractivity contribution in [3.8, 4) is 11.1 Å². The molecule has 34 heavy (non-hydrogen) atoms. The molecule has 0 spiro atoms. The van der Waals surface area contributed by atoms with E-state index in [9.17, 15) is 19.5 Å². The number of amides is 2. The Hall–Kier alpha value is -3.35. The lowest BCUT2D eigenvalue weighted by atomic mass is 9.98. The van der Waals surface area contributed by atoms with Crippen LogP contribution >= 0.6 is 0 Å². The smallest absolute Gasteiger partial charge is 0.407 e. The number of ether oxygens (including phenoxy) is 1. The Bertz CT molecular complexity index is 1020. The predicted molar refractivity (Wildman–Crippen MR) is 128 cm³/mol. The van der Waals surface area contributed by atoms with E-state index in [0.717, 1.165) is 11.1 Å². The summed E-state index contributed by atoms with van der Waals surface area (Å²) < 4.78 is 5.61. The third kappa shape index (κ3) is 4.93. The van der Waals surface area contributed by atoms with E-state index in [0.29, 0.717) is 25.7 Å². The van der Waals surface area contributed by atoms with E-state index in [1.54, 1.807) is 0 Å². The van der Waals surface area contributed by atoms with Crippen LogP contribution in [-0.2, 0) is 14.3 Å². The summed E-state index contributed by atoms with van der Waals surface area (Å²) in [5.41, 5.74) is 4.66. The normalized spacial score (nSPS) is 20.6. The molecular formula is C27H32N2O5. The fourth-order valence-electron chi connectivity index (χ4n) is 5.11. The molecule has 7 heteroatoms. The van der Waals surface area contributed by atoms with Crippen LogP contribution in [-0.4, -0.2) is 41.8 Å². The maximum absolute atomic E-state index is 12.6. The van der Waals surface area contributed by atoms with Gasteiger partial charge in [-0.05, 0) is 47.4 Å². The largest absolute Gasteiger partial charge is 0.480 e. The first-order chi connectivity index (χ1) is 16.4. The van der Waals surface area contributed by atoms with E-state index in [4.69, 9.17) is 4.74 Å². The first-order valence-electron chi connectivity index (χ1n) is 12.0. The Morgan fingerprint density at radius 3 is 2.24 bits per heavy atom. The number of rotatable bonds is 8. The first-order valence-corrected chi connectivity index (χ1v) is 12.0. The molecule has 4 atom stereocenters. The van der Waals surface area contributed by atoms with E-state index in [-0.39, 0.29) is 36.3 Å². The quantitative estimate of drug-likeness (QED) is 0.540. The zero-order valence-electron chi connectivity index (χ0n) is 19.6. The summed E-state index contributed by atoms with van der Waals surface area (Å²) in [6.07, 6.45) is 1.91. The highest BCUT2D eigenvalue weighted by Crippen LogP contribution is 2.44. The maximum Gasteiger partial charge on any atom is 0.407 e. The summed E-state index contributed by atoms with van der Waals surface area (Å²) in [5, 5.41) is 15.0. The van der Waals surface area contributed by atoms with Crippen LogP contribution in [0.15, 0.2) is 48.5 Å². The highest BCUT2D eigenvalue weighted by atomic mass is 16.5. The van der Waals surface area contributed by atoms with Gasteiger partial charge in [0.2, 0.25) is 5.91 Å². The van der Waals surface area contributed by atoms with Crippen molar-refractivity contribution in [1.29, 1.82) is 0 Å². The number of fused-ring (bicyclic) bond motifs is 3. The van der Waals surface area contributed by atoms with E-state index in [1.807, 2.05) is 38.1 Å². The van der Waals surface area contributed by atoms with Gasteiger partial charge in [0.25, 0.3) is 0 Å². The summed E-state index contributed by atoms with van der Waals surface area (Å²) in [6.45, 7) is 3.96. The van der Waals surface area contributed by atoms with Gasteiger partial charge in [-0.3, -0.25) is 4.79 Å². The zero-order chi connectivity index (χ0) is 24.2. The molecule has 0 bridgehead atoms. The minimum Gasteiger partial charge on any atom is -0.480 e. The lowest BCUT2D eigenvalue weighted by Gasteiger charge is -2.22. The van der Waals surface area contributed by atoms with Gasteiger partial charge in [-0.1, -0.05) is 68.8 Å². The monoisotopic (exact) mass is 464 g/mol. The van der Waals surface area contributed by atoms with Crippen LogP contribution in [0.5, 0.6) is 0 Å². The minimum atomic E-state index is -1.02. The van der Waals surface area contributed by atoms with Crippen LogP contribution < -0.4 is 10.6 Å². The number of alkyl carbamates (subject to hydrolysis) is 1. The molecular weight excluding hydrogens is 432 g/mol. The Kier molecular flexibility index (Phi) is 7.20. The van der Waals surface area contributed by atoms with Gasteiger partial charge in [0.1, 0.15) is 12.6 Å². The Morgan fingerprint density at radius 2 is 1.65 bits per heavy atom. The van der Waals surface area contributed by atoms with Crippen molar-refractivity contribution >= 4 is 18.0 Å². The number of hydrogen-bond acceptors (Lipinski definition) is 4. The SMILES string of the molecule is CCC(C)C(NC(=O)C1CCC(NC(=O)OCC2c3ccccc3-c3ccccc32)C1)C(=O)O. The third-order valence-corrected chi connectivity index (χ3v) is 7.25. The highest BCUT2D eigenvalue weighted by molar-refractivity contribution is 5.85. The average Bonchev–Trinajstić information content (AvgIpc) is 3.43. The lowest BCUT2D eigenvalue weighted by molar-refractivity contribution is -0.144. The van der Waals surface area contributed by atoms with Gasteiger partial charge in [0.15, 0.2) is 0 Å². The Balaban J connectivity index is 1.29. The van der Waals surface area contributed by atoms with Crippen LogP contribution in [0, 0.1) is 11.8 Å². The number of aliphatic carboxylic acids is 1. The number of carbonyl (C=O) groups excluding carboxylic acids is 2. The van der Waals surface area contributed by atoms with Crippen molar-refractivity contribution in [3.05, 3.63) is 59.7 Å². The number of nitrogens with one attached hydrogen (secondary N) is 2.